The summed E-state index contributed by atoms with van der Waals surface area (Å²) in [6.45, 7) is 2.33. The lowest BCUT2D eigenvalue weighted by Gasteiger charge is -2.23. The van der Waals surface area contributed by atoms with Gasteiger partial charge in [0.05, 0.1) is 13.2 Å². The quantitative estimate of drug-likeness (QED) is 0.696. The fourth-order valence-electron chi connectivity index (χ4n) is 1.83. The molecule has 1 amide bonds. The minimum Gasteiger partial charge on any atom is -0.445 e. The van der Waals surface area contributed by atoms with Crippen molar-refractivity contribution in [1.29, 1.82) is 0 Å². The van der Waals surface area contributed by atoms with E-state index >= 15 is 0 Å². The predicted molar refractivity (Wildman–Crippen MR) is 79.9 cm³/mol. The summed E-state index contributed by atoms with van der Waals surface area (Å²) in [4.78, 5) is 15.2. The molecule has 1 aromatic carbocycles. The molecular weight excluding hydrogens is 272 g/mol. The smallest absolute Gasteiger partial charge is 0.409 e. The Hall–Kier alpha value is -1.63. The summed E-state index contributed by atoms with van der Waals surface area (Å²) >= 11 is 0. The van der Waals surface area contributed by atoms with Gasteiger partial charge in [-0.25, -0.2) is 4.79 Å². The van der Waals surface area contributed by atoms with E-state index < -0.39 is 0 Å². The van der Waals surface area contributed by atoms with Gasteiger partial charge in [0, 0.05) is 33.2 Å². The van der Waals surface area contributed by atoms with Crippen LogP contribution in [0.3, 0.4) is 0 Å². The van der Waals surface area contributed by atoms with Gasteiger partial charge in [0.1, 0.15) is 6.61 Å². The zero-order valence-corrected chi connectivity index (χ0v) is 12.4. The molecule has 0 saturated heterocycles. The van der Waals surface area contributed by atoms with Gasteiger partial charge in [-0.3, -0.25) is 4.90 Å². The number of hydrogen-bond acceptors (Lipinski definition) is 5. The van der Waals surface area contributed by atoms with E-state index in [0.717, 1.165) is 5.56 Å². The van der Waals surface area contributed by atoms with E-state index in [1.807, 2.05) is 35.2 Å². The summed E-state index contributed by atoms with van der Waals surface area (Å²) < 4.78 is 5.21. The normalized spacial score (nSPS) is 10.7. The molecule has 0 saturated carbocycles. The molecule has 6 heteroatoms. The second-order valence-corrected chi connectivity index (χ2v) is 4.75. The van der Waals surface area contributed by atoms with Crippen molar-refractivity contribution >= 4 is 6.09 Å². The molecule has 0 aromatic heterocycles. The van der Waals surface area contributed by atoms with E-state index in [2.05, 4.69) is 0 Å². The highest BCUT2D eigenvalue weighted by molar-refractivity contribution is 5.67. The van der Waals surface area contributed by atoms with Gasteiger partial charge in [-0.1, -0.05) is 30.3 Å². The first-order chi connectivity index (χ1) is 10.2. The molecule has 0 aliphatic carbocycles. The topological polar surface area (TPSA) is 73.2 Å². The number of rotatable bonds is 9. The van der Waals surface area contributed by atoms with Gasteiger partial charge >= 0.3 is 6.09 Å². The molecule has 1 rings (SSSR count). The first kappa shape index (κ1) is 17.4. The van der Waals surface area contributed by atoms with E-state index in [1.165, 1.54) is 4.90 Å². The lowest BCUT2D eigenvalue weighted by atomic mass is 10.2. The monoisotopic (exact) mass is 296 g/mol. The van der Waals surface area contributed by atoms with Gasteiger partial charge < -0.3 is 19.8 Å². The van der Waals surface area contributed by atoms with Crippen LogP contribution in [0.5, 0.6) is 0 Å². The first-order valence-electron chi connectivity index (χ1n) is 7.03. The number of hydrogen-bond donors (Lipinski definition) is 2. The first-order valence-corrected chi connectivity index (χ1v) is 7.03. The third-order valence-corrected chi connectivity index (χ3v) is 3.10. The van der Waals surface area contributed by atoms with E-state index in [1.54, 1.807) is 7.05 Å². The molecular formula is C15H24N2O4. The molecule has 0 radical (unpaired) electrons. The van der Waals surface area contributed by atoms with E-state index in [-0.39, 0.29) is 25.9 Å². The fraction of sp³-hybridized carbons (Fsp3) is 0.533. The van der Waals surface area contributed by atoms with Crippen LogP contribution in [-0.4, -0.2) is 72.5 Å². The Labute approximate surface area is 125 Å². The highest BCUT2D eigenvalue weighted by atomic mass is 16.6. The van der Waals surface area contributed by atoms with Crippen molar-refractivity contribution in [3.05, 3.63) is 35.9 Å². The molecule has 0 spiro atoms. The van der Waals surface area contributed by atoms with Crippen LogP contribution in [0.1, 0.15) is 5.56 Å². The van der Waals surface area contributed by atoms with Crippen LogP contribution in [0.4, 0.5) is 4.79 Å². The molecule has 2 N–H and O–H groups in total. The van der Waals surface area contributed by atoms with Crippen molar-refractivity contribution in [3.8, 4) is 0 Å². The molecule has 0 bridgehead atoms. The lowest BCUT2D eigenvalue weighted by Crippen LogP contribution is -2.39. The number of carbonyl (C=O) groups excluding carboxylic acids is 1. The third-order valence-electron chi connectivity index (χ3n) is 3.10. The summed E-state index contributed by atoms with van der Waals surface area (Å²) in [5, 5.41) is 17.8. The van der Waals surface area contributed by atoms with Crippen molar-refractivity contribution in [3.63, 3.8) is 0 Å². The van der Waals surface area contributed by atoms with Gasteiger partial charge in [0.15, 0.2) is 0 Å². The standard InChI is InChI=1S/C15H24N2O4/c1-16(7-8-17(9-11-18)10-12-19)15(20)21-13-14-5-3-2-4-6-14/h2-6,18-19H,7-13H2,1H3. The van der Waals surface area contributed by atoms with Crippen LogP contribution in [0, 0.1) is 0 Å². The van der Waals surface area contributed by atoms with Gasteiger partial charge in [0.25, 0.3) is 0 Å². The Morgan fingerprint density at radius 2 is 1.67 bits per heavy atom. The number of amides is 1. The number of benzene rings is 1. The van der Waals surface area contributed by atoms with Gasteiger partial charge in [0.2, 0.25) is 0 Å². The second kappa shape index (κ2) is 10.1. The van der Waals surface area contributed by atoms with Crippen LogP contribution in [0.15, 0.2) is 30.3 Å². The number of aliphatic hydroxyl groups is 2. The van der Waals surface area contributed by atoms with Gasteiger partial charge in [-0.2, -0.15) is 0 Å². The third kappa shape index (κ3) is 7.08. The number of carbonyl (C=O) groups is 1. The van der Waals surface area contributed by atoms with Crippen molar-refractivity contribution in [2.45, 2.75) is 6.61 Å². The van der Waals surface area contributed by atoms with E-state index in [9.17, 15) is 4.79 Å². The van der Waals surface area contributed by atoms with Crippen LogP contribution < -0.4 is 0 Å². The number of nitrogens with zero attached hydrogens (tertiary/aromatic N) is 2. The zero-order valence-electron chi connectivity index (χ0n) is 12.4. The minimum atomic E-state index is -0.383. The molecule has 0 heterocycles. The maximum absolute atomic E-state index is 11.8. The average Bonchev–Trinajstić information content (AvgIpc) is 2.51. The average molecular weight is 296 g/mol. The number of aliphatic hydroxyl groups excluding tert-OH is 2. The molecule has 0 fully saturated rings. The molecule has 0 atom stereocenters. The largest absolute Gasteiger partial charge is 0.445 e. The van der Waals surface area contributed by atoms with Crippen molar-refractivity contribution < 1.29 is 19.7 Å². The molecule has 6 nitrogen and oxygen atoms in total. The van der Waals surface area contributed by atoms with Crippen LogP contribution in [0.2, 0.25) is 0 Å². The molecule has 1 aromatic rings. The maximum atomic E-state index is 11.8. The Bertz CT molecular complexity index is 394. The van der Waals surface area contributed by atoms with E-state index in [4.69, 9.17) is 14.9 Å². The van der Waals surface area contributed by atoms with Crippen LogP contribution in [-0.2, 0) is 11.3 Å². The molecule has 21 heavy (non-hydrogen) atoms. The minimum absolute atomic E-state index is 0.0299. The Kier molecular flexibility index (Phi) is 8.42. The Balaban J connectivity index is 2.30. The SMILES string of the molecule is CN(CCN(CCO)CCO)C(=O)OCc1ccccc1. The maximum Gasteiger partial charge on any atom is 0.409 e. The molecule has 118 valence electrons. The predicted octanol–water partition coefficient (Wildman–Crippen LogP) is 0.542. The van der Waals surface area contributed by atoms with Crippen LogP contribution in [0.25, 0.3) is 0 Å². The van der Waals surface area contributed by atoms with Crippen molar-refractivity contribution in [1.82, 2.24) is 9.80 Å². The summed E-state index contributed by atoms with van der Waals surface area (Å²) in [6.07, 6.45) is -0.383. The highest BCUT2D eigenvalue weighted by Crippen LogP contribution is 2.02. The Morgan fingerprint density at radius 3 is 2.24 bits per heavy atom. The number of likely N-dealkylation sites (N-methyl/N-ethyl adjacent to an activating group) is 1. The Morgan fingerprint density at radius 1 is 1.05 bits per heavy atom. The van der Waals surface area contributed by atoms with Crippen LogP contribution >= 0.6 is 0 Å². The summed E-state index contributed by atoms with van der Waals surface area (Å²) in [5.74, 6) is 0. The number of ether oxygens (including phenoxy) is 1. The summed E-state index contributed by atoms with van der Waals surface area (Å²) in [5.41, 5.74) is 0.946. The van der Waals surface area contributed by atoms with E-state index in [0.29, 0.717) is 26.2 Å². The van der Waals surface area contributed by atoms with Gasteiger partial charge in [-0.05, 0) is 5.56 Å². The second-order valence-electron chi connectivity index (χ2n) is 4.75. The molecule has 0 unspecified atom stereocenters. The molecule has 0 aliphatic rings. The zero-order chi connectivity index (χ0) is 15.5. The van der Waals surface area contributed by atoms with Gasteiger partial charge in [-0.15, -0.1) is 0 Å². The molecule has 0 aliphatic heterocycles. The summed E-state index contributed by atoms with van der Waals surface area (Å²) in [6, 6.07) is 9.51. The fourth-order valence-corrected chi connectivity index (χ4v) is 1.83. The summed E-state index contributed by atoms with van der Waals surface area (Å²) in [7, 11) is 1.67. The highest BCUT2D eigenvalue weighted by Gasteiger charge is 2.12. The van der Waals surface area contributed by atoms with Crippen molar-refractivity contribution in [2.75, 3.05) is 46.4 Å². The lowest BCUT2D eigenvalue weighted by molar-refractivity contribution is 0.0964. The van der Waals surface area contributed by atoms with Crippen molar-refractivity contribution in [2.24, 2.45) is 0 Å².